The van der Waals surface area contributed by atoms with Gasteiger partial charge in [-0.2, -0.15) is 4.74 Å². The van der Waals surface area contributed by atoms with Crippen molar-refractivity contribution >= 4 is 0 Å². The van der Waals surface area contributed by atoms with Gasteiger partial charge in [0.2, 0.25) is 0 Å². The molecule has 0 fully saturated rings. The molecule has 0 spiro atoms. The number of hydrogen-bond acceptors (Lipinski definition) is 2. The van der Waals surface area contributed by atoms with Crippen LogP contribution < -0.4 is 5.56 Å². The highest BCUT2D eigenvalue weighted by atomic mass is 16.5. The summed E-state index contributed by atoms with van der Waals surface area (Å²) in [6, 6.07) is 0. The van der Waals surface area contributed by atoms with Gasteiger partial charge in [-0.1, -0.05) is 34.6 Å². The van der Waals surface area contributed by atoms with E-state index >= 15 is 0 Å². The molecule has 0 bridgehead atoms. The van der Waals surface area contributed by atoms with Crippen LogP contribution in [0.5, 0.6) is 0 Å². The first kappa shape index (κ1) is 15.5. The van der Waals surface area contributed by atoms with Gasteiger partial charge in [-0.3, -0.25) is 4.79 Å². The van der Waals surface area contributed by atoms with Crippen molar-refractivity contribution in [1.29, 1.82) is 0 Å². The number of aromatic nitrogens is 1. The maximum absolute atomic E-state index is 11.1. The van der Waals surface area contributed by atoms with E-state index in [1.807, 2.05) is 34.6 Å². The van der Waals surface area contributed by atoms with Gasteiger partial charge in [0.1, 0.15) is 5.76 Å². The van der Waals surface area contributed by atoms with Crippen molar-refractivity contribution in [3.05, 3.63) is 21.7 Å². The summed E-state index contributed by atoms with van der Waals surface area (Å²) in [5.74, 6) is 0.731. The van der Waals surface area contributed by atoms with Gasteiger partial charge in [0.25, 0.3) is 5.56 Å². The molecule has 84 valence electrons. The van der Waals surface area contributed by atoms with Crippen LogP contribution in [0.2, 0.25) is 0 Å². The minimum atomic E-state index is -0.0139. The van der Waals surface area contributed by atoms with Crippen LogP contribution >= 0.6 is 0 Å². The summed E-state index contributed by atoms with van der Waals surface area (Å²) < 4.78 is 6.30. The largest absolute Gasteiger partial charge is 0.381 e. The summed E-state index contributed by atoms with van der Waals surface area (Å²) in [7, 11) is 1.62. The topological polar surface area (TPSA) is 35.1 Å². The van der Waals surface area contributed by atoms with Gasteiger partial charge < -0.3 is 4.52 Å². The van der Waals surface area contributed by atoms with Gasteiger partial charge in [0.05, 0.1) is 5.56 Å². The smallest absolute Gasteiger partial charge is 0.285 e. The molecule has 0 aliphatic rings. The molecule has 0 radical (unpaired) electrons. The first-order valence-corrected chi connectivity index (χ1v) is 5.32. The van der Waals surface area contributed by atoms with E-state index < -0.39 is 0 Å². The lowest BCUT2D eigenvalue weighted by molar-refractivity contribution is 0.283. The zero-order valence-electron chi connectivity index (χ0n) is 10.5. The van der Waals surface area contributed by atoms with E-state index in [9.17, 15) is 4.79 Å². The maximum atomic E-state index is 11.1. The molecule has 0 atom stereocenters. The van der Waals surface area contributed by atoms with Crippen molar-refractivity contribution in [2.45, 2.75) is 48.0 Å². The second-order valence-corrected chi connectivity index (χ2v) is 2.28. The third-order valence-electron chi connectivity index (χ3n) is 1.60. The molecule has 1 aromatic heterocycles. The number of nitrogens with zero attached hydrogens (tertiary/aromatic N) is 1. The first-order valence-electron chi connectivity index (χ1n) is 5.32. The predicted molar refractivity (Wildman–Crippen MR) is 60.8 cm³/mol. The summed E-state index contributed by atoms with van der Waals surface area (Å²) >= 11 is 0. The van der Waals surface area contributed by atoms with Crippen LogP contribution in [0.3, 0.4) is 0 Å². The summed E-state index contributed by atoms with van der Waals surface area (Å²) in [6.45, 7) is 11.7. The van der Waals surface area contributed by atoms with Crippen molar-refractivity contribution in [3.8, 4) is 0 Å². The summed E-state index contributed by atoms with van der Waals surface area (Å²) in [4.78, 5) is 11.1. The Morgan fingerprint density at radius 2 is 1.64 bits per heavy atom. The van der Waals surface area contributed by atoms with Crippen LogP contribution in [0.1, 0.15) is 45.9 Å². The van der Waals surface area contributed by atoms with Gasteiger partial charge in [-0.15, -0.1) is 0 Å². The molecule has 0 saturated heterocycles. The Labute approximate surface area is 86.7 Å². The molecular weight excluding hydrogens is 178 g/mol. The lowest BCUT2D eigenvalue weighted by atomic mass is 10.2. The molecule has 3 heteroatoms. The monoisotopic (exact) mass is 201 g/mol. The van der Waals surface area contributed by atoms with E-state index in [0.29, 0.717) is 0 Å². The van der Waals surface area contributed by atoms with Crippen LogP contribution in [0.25, 0.3) is 0 Å². The molecule has 1 heterocycles. The Kier molecular flexibility index (Phi) is 9.51. The molecule has 1 aromatic rings. The van der Waals surface area contributed by atoms with Crippen LogP contribution in [0, 0.1) is 6.92 Å². The maximum Gasteiger partial charge on any atom is 0.285 e. The molecule has 3 nitrogen and oxygen atoms in total. The quantitative estimate of drug-likeness (QED) is 0.700. The molecule has 0 N–H and O–H groups in total. The van der Waals surface area contributed by atoms with Crippen LogP contribution in [0.4, 0.5) is 0 Å². The van der Waals surface area contributed by atoms with E-state index in [1.165, 1.54) is 4.74 Å². The molecule has 0 aliphatic heterocycles. The molecule has 0 aliphatic carbocycles. The number of rotatable bonds is 1. The molecule has 0 unspecified atom stereocenters. The fraction of sp³-hybridized carbons (Fsp3) is 0.727. The highest BCUT2D eigenvalue weighted by Gasteiger charge is 2.07. The zero-order valence-corrected chi connectivity index (χ0v) is 10.5. The third kappa shape index (κ3) is 3.81. The molecule has 0 aromatic carbocycles. The van der Waals surface area contributed by atoms with Crippen LogP contribution in [-0.2, 0) is 13.5 Å². The van der Waals surface area contributed by atoms with Crippen molar-refractivity contribution in [2.24, 2.45) is 7.05 Å². The Morgan fingerprint density at radius 1 is 1.21 bits per heavy atom. The van der Waals surface area contributed by atoms with E-state index in [-0.39, 0.29) is 5.56 Å². The van der Waals surface area contributed by atoms with Crippen LogP contribution in [-0.4, -0.2) is 4.74 Å². The van der Waals surface area contributed by atoms with E-state index in [4.69, 9.17) is 4.52 Å². The number of aryl methyl sites for hydroxylation is 2. The van der Waals surface area contributed by atoms with E-state index in [1.54, 1.807) is 14.0 Å². The summed E-state index contributed by atoms with van der Waals surface area (Å²) in [6.07, 6.45) is 0.745. The van der Waals surface area contributed by atoms with Gasteiger partial charge >= 0.3 is 0 Å². The van der Waals surface area contributed by atoms with Crippen molar-refractivity contribution in [3.63, 3.8) is 0 Å². The average molecular weight is 201 g/mol. The highest BCUT2D eigenvalue weighted by molar-refractivity contribution is 5.11. The fourth-order valence-corrected chi connectivity index (χ4v) is 1.04. The normalized spacial score (nSPS) is 8.21. The highest BCUT2D eigenvalue weighted by Crippen LogP contribution is 2.01. The van der Waals surface area contributed by atoms with Gasteiger partial charge in [-0.05, 0) is 13.3 Å². The molecule has 14 heavy (non-hydrogen) atoms. The van der Waals surface area contributed by atoms with Gasteiger partial charge in [0, 0.05) is 7.05 Å². The van der Waals surface area contributed by atoms with Gasteiger partial charge in [0.15, 0.2) is 0 Å². The Bertz CT molecular complexity index is 284. The molecule has 0 amide bonds. The lowest BCUT2D eigenvalue weighted by Crippen LogP contribution is -2.13. The SMILES string of the molecule is CC.CC.CCc1c(C)on(C)c1=O. The molecular formula is C11H23NO2. The van der Waals surface area contributed by atoms with Crippen molar-refractivity contribution in [1.82, 2.24) is 4.74 Å². The second-order valence-electron chi connectivity index (χ2n) is 2.28. The zero-order chi connectivity index (χ0) is 11.7. The minimum Gasteiger partial charge on any atom is -0.381 e. The van der Waals surface area contributed by atoms with Crippen LogP contribution in [0.15, 0.2) is 9.32 Å². The molecule has 0 saturated carbocycles. The summed E-state index contributed by atoms with van der Waals surface area (Å²) in [5.41, 5.74) is 0.766. The average Bonchev–Trinajstić information content (AvgIpc) is 2.47. The standard InChI is InChI=1S/C7H11NO2.2C2H6/c1-4-6-5(2)10-8(3)7(6)9;2*1-2/h4H2,1-3H3;2*1-2H3. The Morgan fingerprint density at radius 3 is 1.79 bits per heavy atom. The predicted octanol–water partition coefficient (Wildman–Crippen LogP) is 2.90. The fourth-order valence-electron chi connectivity index (χ4n) is 1.04. The summed E-state index contributed by atoms with van der Waals surface area (Å²) in [5, 5.41) is 0. The van der Waals surface area contributed by atoms with E-state index in [0.717, 1.165) is 17.7 Å². The Hall–Kier alpha value is -0.990. The van der Waals surface area contributed by atoms with Crippen molar-refractivity contribution in [2.75, 3.05) is 0 Å². The minimum absolute atomic E-state index is 0.0139. The van der Waals surface area contributed by atoms with Gasteiger partial charge in [-0.25, -0.2) is 0 Å². The van der Waals surface area contributed by atoms with Crippen molar-refractivity contribution < 1.29 is 4.52 Å². The second kappa shape index (κ2) is 8.60. The lowest BCUT2D eigenvalue weighted by Gasteiger charge is -1.83. The first-order chi connectivity index (χ1) is 6.66. The third-order valence-corrected chi connectivity index (χ3v) is 1.60. The van der Waals surface area contributed by atoms with E-state index in [2.05, 4.69) is 0 Å². The molecule has 1 rings (SSSR count). The number of hydrogen-bond donors (Lipinski definition) is 0. The Balaban J connectivity index is 0.